The quantitative estimate of drug-likeness (QED) is 0.0891. The average molecular weight is 890 g/mol. The Kier molecular flexibility index (Phi) is 14.7. The Labute approximate surface area is 371 Å². The van der Waals surface area contributed by atoms with Gasteiger partial charge in [0.25, 0.3) is 5.91 Å². The monoisotopic (exact) mass is 889 g/mol. The number of hydrogen-bond donors (Lipinski definition) is 11. The zero-order valence-corrected chi connectivity index (χ0v) is 35.0. The van der Waals surface area contributed by atoms with Gasteiger partial charge in [-0.25, -0.2) is 4.79 Å². The molecule has 0 radical (unpaired) electrons. The molecule has 1 aromatic heterocycles. The van der Waals surface area contributed by atoms with Gasteiger partial charge in [-0.15, -0.1) is 0 Å². The second-order valence-electron chi connectivity index (χ2n) is 15.4. The van der Waals surface area contributed by atoms with Crippen LogP contribution in [0.4, 0.5) is 0 Å². The number of phenols is 4. The number of carbonyl (C=O) groups excluding carboxylic acids is 7. The van der Waals surface area contributed by atoms with E-state index in [2.05, 4.69) is 36.9 Å². The topological polar surface area (TPSA) is 298 Å². The molecule has 19 nitrogen and oxygen atoms in total. The van der Waals surface area contributed by atoms with Crippen molar-refractivity contribution in [3.63, 3.8) is 0 Å². The van der Waals surface area contributed by atoms with Crippen LogP contribution in [0.2, 0.25) is 0 Å². The Hall–Kier alpha value is -8.35. The van der Waals surface area contributed by atoms with Crippen LogP contribution in [-0.4, -0.2) is 97.1 Å². The molecule has 6 amide bonds. The first kappa shape index (κ1) is 46.2. The third-order valence-corrected chi connectivity index (χ3v) is 10.4. The summed E-state index contributed by atoms with van der Waals surface area (Å²) in [6.07, 6.45) is -0.311. The van der Waals surface area contributed by atoms with Gasteiger partial charge in [-0.2, -0.15) is 0 Å². The Bertz CT molecular complexity index is 2500. The van der Waals surface area contributed by atoms with Crippen molar-refractivity contribution in [1.29, 1.82) is 0 Å². The lowest BCUT2D eigenvalue weighted by Crippen LogP contribution is -2.62. The van der Waals surface area contributed by atoms with Gasteiger partial charge in [-0.1, -0.05) is 60.7 Å². The molecule has 65 heavy (non-hydrogen) atoms. The van der Waals surface area contributed by atoms with Gasteiger partial charge >= 0.3 is 5.97 Å². The summed E-state index contributed by atoms with van der Waals surface area (Å²) in [6.45, 7) is 2.54. The predicted octanol–water partition coefficient (Wildman–Crippen LogP) is 1.56. The van der Waals surface area contributed by atoms with Crippen molar-refractivity contribution in [2.24, 2.45) is 0 Å². The molecule has 1 unspecified atom stereocenters. The van der Waals surface area contributed by atoms with Crippen LogP contribution in [-0.2, 0) is 46.3 Å². The van der Waals surface area contributed by atoms with Crippen LogP contribution in [0, 0.1) is 0 Å². The third kappa shape index (κ3) is 12.2. The summed E-state index contributed by atoms with van der Waals surface area (Å²) in [5, 5.41) is 56.8. The second-order valence-corrected chi connectivity index (χ2v) is 15.4. The maximum atomic E-state index is 14.5. The van der Waals surface area contributed by atoms with E-state index >= 15 is 0 Å². The SMILES string of the molecule is C[C@H]1NC(=O)[C@H](Cc2ccccc2)NC(=O)[C@H](NC(=O)[C@H](Cc2ccccc2)NC(=O)c2ccc[nH]2)[C@@H](C)OC(=O)C(c2cc(O)cc(O)c2)NC(=O)[C@@H](c2cc(O)cc(O)c2)NC1=O. The highest BCUT2D eigenvalue weighted by molar-refractivity contribution is 5.99. The number of ether oxygens (including phenoxy) is 1. The maximum absolute atomic E-state index is 14.5. The van der Waals surface area contributed by atoms with Crippen LogP contribution < -0.4 is 31.9 Å². The lowest BCUT2D eigenvalue weighted by Gasteiger charge is -2.31. The van der Waals surface area contributed by atoms with Crippen LogP contribution in [0.1, 0.15) is 58.7 Å². The lowest BCUT2D eigenvalue weighted by atomic mass is 10.0. The van der Waals surface area contributed by atoms with Crippen LogP contribution in [0.25, 0.3) is 0 Å². The van der Waals surface area contributed by atoms with Crippen LogP contribution in [0.3, 0.4) is 0 Å². The minimum Gasteiger partial charge on any atom is -0.508 e. The van der Waals surface area contributed by atoms with Crippen molar-refractivity contribution in [2.45, 2.75) is 69.0 Å². The van der Waals surface area contributed by atoms with Gasteiger partial charge in [0, 0.05) is 31.2 Å². The third-order valence-electron chi connectivity index (χ3n) is 10.4. The molecule has 19 heteroatoms. The molecule has 1 fully saturated rings. The molecular formula is C46H47N7O12. The van der Waals surface area contributed by atoms with Crippen LogP contribution in [0.15, 0.2) is 115 Å². The first-order chi connectivity index (χ1) is 31.0. The minimum absolute atomic E-state index is 0.0617. The fraction of sp³-hybridized carbons (Fsp3) is 0.239. The van der Waals surface area contributed by atoms with E-state index in [0.717, 1.165) is 36.4 Å². The number of aromatic amines is 1. The number of H-pyrrole nitrogens is 1. The van der Waals surface area contributed by atoms with Crippen molar-refractivity contribution in [3.8, 4) is 23.0 Å². The lowest BCUT2D eigenvalue weighted by molar-refractivity contribution is -0.156. The van der Waals surface area contributed by atoms with Gasteiger partial charge in [0.1, 0.15) is 65.0 Å². The first-order valence-corrected chi connectivity index (χ1v) is 20.3. The number of nitrogens with one attached hydrogen (secondary N) is 7. The zero-order valence-electron chi connectivity index (χ0n) is 35.0. The first-order valence-electron chi connectivity index (χ1n) is 20.3. The predicted molar refractivity (Wildman–Crippen MR) is 231 cm³/mol. The molecule has 338 valence electrons. The van der Waals surface area contributed by atoms with E-state index in [4.69, 9.17) is 4.74 Å². The molecule has 6 rings (SSSR count). The van der Waals surface area contributed by atoms with Gasteiger partial charge < -0.3 is 62.0 Å². The minimum atomic E-state index is -1.91. The average Bonchev–Trinajstić information content (AvgIpc) is 3.81. The van der Waals surface area contributed by atoms with Crippen molar-refractivity contribution in [1.82, 2.24) is 36.9 Å². The van der Waals surface area contributed by atoms with Gasteiger partial charge in [0.2, 0.25) is 29.5 Å². The van der Waals surface area contributed by atoms with Crippen molar-refractivity contribution in [3.05, 3.63) is 143 Å². The Morgan fingerprint density at radius 2 is 1.18 bits per heavy atom. The molecule has 0 bridgehead atoms. The van der Waals surface area contributed by atoms with Gasteiger partial charge in [0.15, 0.2) is 6.04 Å². The molecule has 0 saturated carbocycles. The Morgan fingerprint density at radius 1 is 0.631 bits per heavy atom. The fourth-order valence-corrected chi connectivity index (χ4v) is 7.08. The van der Waals surface area contributed by atoms with Crippen molar-refractivity contribution < 1.29 is 58.7 Å². The number of rotatable bonds is 10. The molecule has 0 spiro atoms. The number of esters is 1. The molecule has 5 aromatic rings. The Balaban J connectivity index is 1.43. The van der Waals surface area contributed by atoms with E-state index in [-0.39, 0.29) is 29.7 Å². The molecular weight excluding hydrogens is 843 g/mol. The molecule has 1 aliphatic rings. The number of amides is 6. The van der Waals surface area contributed by atoms with Gasteiger partial charge in [0.05, 0.1) is 0 Å². The number of benzene rings is 4. The van der Waals surface area contributed by atoms with Crippen molar-refractivity contribution >= 4 is 41.4 Å². The summed E-state index contributed by atoms with van der Waals surface area (Å²) in [5.74, 6) is -8.93. The molecule has 4 aromatic carbocycles. The summed E-state index contributed by atoms with van der Waals surface area (Å²) in [5.41, 5.74) is 0.935. The van der Waals surface area contributed by atoms with Gasteiger partial charge in [-0.3, -0.25) is 28.8 Å². The van der Waals surface area contributed by atoms with Crippen LogP contribution in [0.5, 0.6) is 23.0 Å². The molecule has 1 saturated heterocycles. The molecule has 2 heterocycles. The number of cyclic esters (lactones) is 1. The number of carbonyl (C=O) groups is 7. The van der Waals surface area contributed by atoms with E-state index in [0.29, 0.717) is 11.1 Å². The normalized spacial score (nSPS) is 21.4. The summed E-state index contributed by atoms with van der Waals surface area (Å²) < 4.78 is 5.81. The number of aromatic nitrogens is 1. The Morgan fingerprint density at radius 3 is 1.75 bits per heavy atom. The highest BCUT2D eigenvalue weighted by atomic mass is 16.5. The molecule has 0 aliphatic carbocycles. The van der Waals surface area contributed by atoms with Gasteiger partial charge in [-0.05, 0) is 72.5 Å². The second kappa shape index (κ2) is 20.7. The smallest absolute Gasteiger partial charge is 0.333 e. The summed E-state index contributed by atoms with van der Waals surface area (Å²) >= 11 is 0. The van der Waals surface area contributed by atoms with E-state index in [1.165, 1.54) is 26.1 Å². The zero-order chi connectivity index (χ0) is 46.8. The molecule has 7 atom stereocenters. The maximum Gasteiger partial charge on any atom is 0.333 e. The highest BCUT2D eigenvalue weighted by Gasteiger charge is 2.39. The van der Waals surface area contributed by atoms with Crippen LogP contribution >= 0.6 is 0 Å². The summed E-state index contributed by atoms with van der Waals surface area (Å²) in [7, 11) is 0. The van der Waals surface area contributed by atoms with Crippen molar-refractivity contribution in [2.75, 3.05) is 0 Å². The number of hydrogen-bond acceptors (Lipinski definition) is 12. The van der Waals surface area contributed by atoms with E-state index < -0.39 is 107 Å². The summed E-state index contributed by atoms with van der Waals surface area (Å²) in [4.78, 5) is 101. The highest BCUT2D eigenvalue weighted by Crippen LogP contribution is 2.29. The summed E-state index contributed by atoms with van der Waals surface area (Å²) in [6, 6.07) is 16.7. The van der Waals surface area contributed by atoms with E-state index in [9.17, 15) is 54.0 Å². The number of phenolic OH excluding ortho intramolecular Hbond substituents is 4. The van der Waals surface area contributed by atoms with E-state index in [1.807, 2.05) is 0 Å². The fourth-order valence-electron chi connectivity index (χ4n) is 7.08. The molecule has 11 N–H and O–H groups in total. The van der Waals surface area contributed by atoms with E-state index in [1.54, 1.807) is 66.7 Å². The number of aromatic hydroxyl groups is 4. The largest absolute Gasteiger partial charge is 0.508 e. The molecule has 1 aliphatic heterocycles. The standard InChI is InChI=1S/C46H47N7O12/c1-24-40(58)52-38(28-18-30(54)22-31(55)19-28)45(63)53-39(29-20-32(56)23-33(57)21-29)46(64)65-25(2)37(44(62)50-35(42(60)48-24)16-26-10-5-3-6-11-26)51-43(61)36(17-27-12-7-4-8-13-27)49-41(59)34-14-9-15-47-34/h3-15,18-25,35-39,47,54-57H,16-17H2,1-2H3,(H,48,60)(H,49,59)(H,50,62)(H,51,61)(H,52,58)(H,53,63)/t24-,25-,35+,36+,37-,38-,39?/m1/s1.